The number of fused-ring (bicyclic) bond motifs is 2. The van der Waals surface area contributed by atoms with Crippen LogP contribution in [0, 0.1) is 5.92 Å². The summed E-state index contributed by atoms with van der Waals surface area (Å²) < 4.78 is 0. The number of carbonyl (C=O) groups excluding carboxylic acids is 1. The van der Waals surface area contributed by atoms with Crippen LogP contribution in [0.3, 0.4) is 0 Å². The molecule has 2 bridgehead atoms. The Morgan fingerprint density at radius 2 is 1.88 bits per heavy atom. The first kappa shape index (κ1) is 16.3. The molecule has 4 fully saturated rings. The van der Waals surface area contributed by atoms with Gasteiger partial charge >= 0.3 is 0 Å². The van der Waals surface area contributed by atoms with Gasteiger partial charge < -0.3 is 4.90 Å². The summed E-state index contributed by atoms with van der Waals surface area (Å²) >= 11 is 6.34. The highest BCUT2D eigenvalue weighted by atomic mass is 35.5. The number of nitrogens with zero attached hydrogens (tertiary/aromatic N) is 3. The molecule has 134 valence electrons. The maximum absolute atomic E-state index is 13.4. The van der Waals surface area contributed by atoms with E-state index >= 15 is 0 Å². The van der Waals surface area contributed by atoms with Gasteiger partial charge in [-0.05, 0) is 55.6 Å². The van der Waals surface area contributed by atoms with Crippen LogP contribution in [0.1, 0.15) is 34.7 Å². The SMILES string of the molecule is O=C(c1ccccc1Cl)N1CC(c2cccnc2)C2C1C1CCN2CC1. The zero-order chi connectivity index (χ0) is 17.7. The van der Waals surface area contributed by atoms with Gasteiger partial charge in [0.05, 0.1) is 16.6 Å². The molecule has 5 heteroatoms. The van der Waals surface area contributed by atoms with Crippen molar-refractivity contribution in [3.8, 4) is 0 Å². The van der Waals surface area contributed by atoms with E-state index in [2.05, 4.69) is 20.9 Å². The Hall–Kier alpha value is -1.91. The number of benzene rings is 1. The van der Waals surface area contributed by atoms with Crippen LogP contribution >= 0.6 is 11.6 Å². The third-order valence-corrected chi connectivity index (χ3v) is 6.80. The van der Waals surface area contributed by atoms with E-state index < -0.39 is 0 Å². The predicted octanol–water partition coefficient (Wildman–Crippen LogP) is 3.44. The van der Waals surface area contributed by atoms with E-state index in [0.29, 0.717) is 28.5 Å². The molecule has 2 aromatic rings. The van der Waals surface area contributed by atoms with Crippen molar-refractivity contribution < 1.29 is 4.79 Å². The summed E-state index contributed by atoms with van der Waals surface area (Å²) in [5, 5.41) is 0.542. The van der Waals surface area contributed by atoms with Gasteiger partial charge in [0.2, 0.25) is 0 Å². The molecule has 4 nitrogen and oxygen atoms in total. The minimum absolute atomic E-state index is 0.0748. The fourth-order valence-electron chi connectivity index (χ4n) is 5.33. The third-order valence-electron chi connectivity index (χ3n) is 6.47. The summed E-state index contributed by atoms with van der Waals surface area (Å²) in [6.07, 6.45) is 6.16. The zero-order valence-corrected chi connectivity index (χ0v) is 15.3. The highest BCUT2D eigenvalue weighted by molar-refractivity contribution is 6.33. The standard InChI is InChI=1S/C21H22ClN3O/c22-18-6-2-1-5-16(18)21(26)25-13-17(15-4-3-9-23-12-15)20-19(25)14-7-10-24(20)11-8-14/h1-6,9,12,14,17,19-20H,7-8,10-11,13H2. The Morgan fingerprint density at radius 1 is 1.08 bits per heavy atom. The summed E-state index contributed by atoms with van der Waals surface area (Å²) in [4.78, 5) is 22.4. The van der Waals surface area contributed by atoms with E-state index in [-0.39, 0.29) is 11.9 Å². The van der Waals surface area contributed by atoms with Crippen LogP contribution in [0.4, 0.5) is 0 Å². The van der Waals surface area contributed by atoms with Crippen molar-refractivity contribution in [1.29, 1.82) is 0 Å². The molecule has 6 rings (SSSR count). The van der Waals surface area contributed by atoms with E-state index in [9.17, 15) is 4.79 Å². The van der Waals surface area contributed by atoms with Crippen molar-refractivity contribution in [1.82, 2.24) is 14.8 Å². The second-order valence-corrected chi connectivity index (χ2v) is 8.09. The molecule has 0 aliphatic carbocycles. The van der Waals surface area contributed by atoms with E-state index in [1.165, 1.54) is 18.4 Å². The average molecular weight is 368 g/mol. The third kappa shape index (κ3) is 2.47. The molecular formula is C21H22ClN3O. The molecule has 26 heavy (non-hydrogen) atoms. The largest absolute Gasteiger partial charge is 0.333 e. The zero-order valence-electron chi connectivity index (χ0n) is 14.6. The van der Waals surface area contributed by atoms with Gasteiger partial charge in [-0.1, -0.05) is 29.8 Å². The Labute approximate surface area is 158 Å². The first-order valence-corrected chi connectivity index (χ1v) is 9.81. The summed E-state index contributed by atoms with van der Waals surface area (Å²) in [7, 11) is 0. The monoisotopic (exact) mass is 367 g/mol. The van der Waals surface area contributed by atoms with Crippen molar-refractivity contribution in [2.24, 2.45) is 5.92 Å². The van der Waals surface area contributed by atoms with E-state index in [4.69, 9.17) is 11.6 Å². The molecular weight excluding hydrogens is 346 g/mol. The quantitative estimate of drug-likeness (QED) is 0.815. The van der Waals surface area contributed by atoms with Gasteiger partial charge in [-0.2, -0.15) is 0 Å². The second kappa shape index (κ2) is 6.36. The number of amides is 1. The van der Waals surface area contributed by atoms with Crippen molar-refractivity contribution >= 4 is 17.5 Å². The summed E-state index contributed by atoms with van der Waals surface area (Å²) in [5.41, 5.74) is 1.86. The molecule has 3 unspecified atom stereocenters. The van der Waals surface area contributed by atoms with Crippen LogP contribution in [-0.4, -0.2) is 52.4 Å². The van der Waals surface area contributed by atoms with Crippen molar-refractivity contribution in [2.45, 2.75) is 30.8 Å². The highest BCUT2D eigenvalue weighted by Crippen LogP contribution is 2.47. The normalized spacial score (nSPS) is 32.5. The lowest BCUT2D eigenvalue weighted by atomic mass is 9.75. The van der Waals surface area contributed by atoms with E-state index in [0.717, 1.165) is 19.6 Å². The molecule has 1 aromatic carbocycles. The number of hydrogen-bond acceptors (Lipinski definition) is 3. The number of piperidine rings is 3. The number of rotatable bonds is 2. The predicted molar refractivity (Wildman–Crippen MR) is 101 cm³/mol. The summed E-state index contributed by atoms with van der Waals surface area (Å²) in [6, 6.07) is 12.3. The molecule has 4 aliphatic heterocycles. The molecule has 0 spiro atoms. The van der Waals surface area contributed by atoms with E-state index in [1.54, 1.807) is 6.07 Å². The minimum Gasteiger partial charge on any atom is -0.333 e. The summed E-state index contributed by atoms with van der Waals surface area (Å²) in [5.74, 6) is 0.993. The molecule has 4 aliphatic rings. The maximum Gasteiger partial charge on any atom is 0.255 e. The fourth-order valence-corrected chi connectivity index (χ4v) is 5.55. The van der Waals surface area contributed by atoms with Crippen LogP contribution in [-0.2, 0) is 0 Å². The van der Waals surface area contributed by atoms with Gasteiger partial charge in [-0.15, -0.1) is 0 Å². The Morgan fingerprint density at radius 3 is 2.62 bits per heavy atom. The molecule has 5 heterocycles. The van der Waals surface area contributed by atoms with Crippen LogP contribution in [0.25, 0.3) is 0 Å². The number of likely N-dealkylation sites (tertiary alicyclic amines) is 1. The Balaban J connectivity index is 1.54. The number of halogens is 1. The van der Waals surface area contributed by atoms with Crippen molar-refractivity contribution in [3.63, 3.8) is 0 Å². The molecule has 0 N–H and O–H groups in total. The molecule has 0 radical (unpaired) electrons. The first-order chi connectivity index (χ1) is 12.7. The number of pyridine rings is 1. The Kier molecular flexibility index (Phi) is 3.98. The Bertz CT molecular complexity index is 819. The molecule has 4 saturated heterocycles. The van der Waals surface area contributed by atoms with Gasteiger partial charge in [-0.25, -0.2) is 0 Å². The fraction of sp³-hybridized carbons (Fsp3) is 0.429. The average Bonchev–Trinajstić information content (AvgIpc) is 3.12. The van der Waals surface area contributed by atoms with Gasteiger partial charge in [0.15, 0.2) is 0 Å². The highest BCUT2D eigenvalue weighted by Gasteiger charge is 2.54. The van der Waals surface area contributed by atoms with Crippen LogP contribution < -0.4 is 0 Å². The van der Waals surface area contributed by atoms with Gasteiger partial charge in [0, 0.05) is 30.9 Å². The van der Waals surface area contributed by atoms with E-state index in [1.807, 2.05) is 36.7 Å². The molecule has 1 amide bonds. The molecule has 3 atom stereocenters. The van der Waals surface area contributed by atoms with Gasteiger partial charge in [-0.3, -0.25) is 14.7 Å². The minimum atomic E-state index is 0.0748. The van der Waals surface area contributed by atoms with Crippen LogP contribution in [0.5, 0.6) is 0 Å². The number of carbonyl (C=O) groups is 1. The second-order valence-electron chi connectivity index (χ2n) is 7.68. The van der Waals surface area contributed by atoms with Crippen molar-refractivity contribution in [2.75, 3.05) is 19.6 Å². The van der Waals surface area contributed by atoms with Gasteiger partial charge in [0.1, 0.15) is 0 Å². The van der Waals surface area contributed by atoms with Gasteiger partial charge in [0.25, 0.3) is 5.91 Å². The lowest BCUT2D eigenvalue weighted by Crippen LogP contribution is -2.60. The number of hydrogen-bond donors (Lipinski definition) is 0. The first-order valence-electron chi connectivity index (χ1n) is 9.43. The molecule has 1 aromatic heterocycles. The summed E-state index contributed by atoms with van der Waals surface area (Å²) in [6.45, 7) is 3.05. The topological polar surface area (TPSA) is 36.4 Å². The maximum atomic E-state index is 13.4. The lowest BCUT2D eigenvalue weighted by Gasteiger charge is -2.51. The van der Waals surface area contributed by atoms with Crippen LogP contribution in [0.2, 0.25) is 5.02 Å². The molecule has 0 saturated carbocycles. The number of aromatic nitrogens is 1. The van der Waals surface area contributed by atoms with Crippen molar-refractivity contribution in [3.05, 3.63) is 64.9 Å². The smallest absolute Gasteiger partial charge is 0.255 e. The lowest BCUT2D eigenvalue weighted by molar-refractivity contribution is -0.00341. The van der Waals surface area contributed by atoms with Crippen LogP contribution in [0.15, 0.2) is 48.8 Å².